The molecule has 4 rings (SSSR count). The Morgan fingerprint density at radius 2 is 1.48 bits per heavy atom. The lowest BCUT2D eigenvalue weighted by molar-refractivity contribution is -0.279. The van der Waals surface area contributed by atoms with Crippen LogP contribution in [0.15, 0.2) is 23.8 Å². The van der Waals surface area contributed by atoms with Crippen LogP contribution in [0.25, 0.3) is 0 Å². The zero-order valence-electron chi connectivity index (χ0n) is 26.1. The van der Waals surface area contributed by atoms with E-state index in [2.05, 4.69) is 0 Å². The maximum absolute atomic E-state index is 13.1. The van der Waals surface area contributed by atoms with Crippen molar-refractivity contribution < 1.29 is 72.1 Å². The van der Waals surface area contributed by atoms with Crippen molar-refractivity contribution in [3.05, 3.63) is 23.8 Å². The van der Waals surface area contributed by atoms with Gasteiger partial charge in [-0.15, -0.1) is 11.6 Å². The third kappa shape index (κ3) is 6.00. The van der Waals surface area contributed by atoms with E-state index in [0.717, 1.165) is 27.7 Å². The van der Waals surface area contributed by atoms with Crippen LogP contribution in [0, 0.1) is 17.3 Å². The topological polar surface area (TPSA) is 211 Å². The second-order valence-corrected chi connectivity index (χ2v) is 12.3. The molecule has 2 heterocycles. The molecule has 0 aromatic carbocycles. The fourth-order valence-electron chi connectivity index (χ4n) is 7.10. The summed E-state index contributed by atoms with van der Waals surface area (Å²) < 4.78 is 40.3. The molecule has 0 unspecified atom stereocenters. The van der Waals surface area contributed by atoms with E-state index in [1.807, 2.05) is 0 Å². The van der Waals surface area contributed by atoms with Gasteiger partial charge in [0.15, 0.2) is 30.0 Å². The normalized spacial score (nSPS) is 41.3. The molecule has 2 N–H and O–H groups in total. The number of halogens is 1. The highest BCUT2D eigenvalue weighted by atomic mass is 35.5. The predicted molar refractivity (Wildman–Crippen MR) is 151 cm³/mol. The van der Waals surface area contributed by atoms with Crippen LogP contribution in [-0.2, 0) is 61.9 Å². The largest absolute Gasteiger partial charge is 0.459 e. The van der Waals surface area contributed by atoms with E-state index in [-0.39, 0.29) is 18.1 Å². The van der Waals surface area contributed by atoms with Crippen LogP contribution in [0.4, 0.5) is 0 Å². The number of carbonyl (C=O) groups excluding carboxylic acids is 6. The molecule has 0 amide bonds. The van der Waals surface area contributed by atoms with Crippen LogP contribution in [0.5, 0.6) is 0 Å². The standard InChI is InChI=1S/C30H37ClO15/c1-13-27(38)46-20-9-18(10-31)7-8-19(45-21(37)11-32)28(6)23(26(30(13,20)39)44-17(5)36)29(12-40-29)25(43-16(4)35)22(41-14(2)33)24(28)42-15(3)34/h7-9,13,19-20,22-26,32,39H,10-12H2,1-6H3/b8-7-,18-9+/t13-,19-,20-,22+,23+,24-,25+,26-,28+,29-,30-/m0/s1. The molecule has 0 aromatic rings. The van der Waals surface area contributed by atoms with E-state index in [0.29, 0.717) is 0 Å². The number of alkyl halides is 1. The van der Waals surface area contributed by atoms with Crippen molar-refractivity contribution in [2.24, 2.45) is 17.3 Å². The minimum atomic E-state index is -2.38. The van der Waals surface area contributed by atoms with Gasteiger partial charge in [-0.05, 0) is 24.6 Å². The number of esters is 6. The van der Waals surface area contributed by atoms with Gasteiger partial charge in [0.2, 0.25) is 0 Å². The molecule has 1 spiro atoms. The molecular formula is C30H37ClO15. The minimum Gasteiger partial charge on any atom is -0.459 e. The predicted octanol–water partition coefficient (Wildman–Crippen LogP) is 0.0500. The molecule has 11 atom stereocenters. The Morgan fingerprint density at radius 3 is 1.98 bits per heavy atom. The Hall–Kier alpha value is -3.53. The van der Waals surface area contributed by atoms with Gasteiger partial charge in [-0.3, -0.25) is 24.0 Å². The van der Waals surface area contributed by atoms with Crippen LogP contribution in [0.2, 0.25) is 0 Å². The average molecular weight is 673 g/mol. The number of carbonyl (C=O) groups is 6. The Morgan fingerprint density at radius 1 is 0.935 bits per heavy atom. The summed E-state index contributed by atoms with van der Waals surface area (Å²) in [6, 6.07) is 0. The van der Waals surface area contributed by atoms with Crippen LogP contribution < -0.4 is 0 Å². The molecule has 2 aliphatic heterocycles. The van der Waals surface area contributed by atoms with E-state index < -0.39 is 107 Å². The van der Waals surface area contributed by atoms with Crippen LogP contribution >= 0.6 is 11.6 Å². The van der Waals surface area contributed by atoms with Crippen molar-refractivity contribution >= 4 is 47.4 Å². The zero-order chi connectivity index (χ0) is 34.4. The number of hydrogen-bond donors (Lipinski definition) is 2. The molecule has 254 valence electrons. The summed E-state index contributed by atoms with van der Waals surface area (Å²) in [7, 11) is 0. The molecule has 3 fully saturated rings. The first-order valence-electron chi connectivity index (χ1n) is 14.5. The molecule has 2 saturated heterocycles. The van der Waals surface area contributed by atoms with E-state index in [4.69, 9.17) is 44.8 Å². The number of epoxide rings is 1. The molecule has 2 aliphatic carbocycles. The lowest BCUT2D eigenvalue weighted by Crippen LogP contribution is -2.76. The second kappa shape index (κ2) is 12.9. The number of rotatable bonds is 7. The van der Waals surface area contributed by atoms with Gasteiger partial charge in [0, 0.05) is 39.5 Å². The van der Waals surface area contributed by atoms with Crippen LogP contribution in [0.1, 0.15) is 41.5 Å². The van der Waals surface area contributed by atoms with Crippen molar-refractivity contribution in [1.82, 2.24) is 0 Å². The summed E-state index contributed by atoms with van der Waals surface area (Å²) in [5.74, 6) is -8.56. The lowest BCUT2D eigenvalue weighted by Gasteiger charge is -2.59. The first-order chi connectivity index (χ1) is 21.5. The van der Waals surface area contributed by atoms with Gasteiger partial charge in [-0.2, -0.15) is 0 Å². The maximum Gasteiger partial charge on any atom is 0.332 e. The van der Waals surface area contributed by atoms with E-state index in [1.165, 1.54) is 32.1 Å². The maximum atomic E-state index is 13.1. The number of aliphatic hydroxyl groups excluding tert-OH is 1. The van der Waals surface area contributed by atoms with E-state index >= 15 is 0 Å². The third-order valence-corrected chi connectivity index (χ3v) is 9.37. The Kier molecular flexibility index (Phi) is 9.93. The molecule has 0 aromatic heterocycles. The average Bonchev–Trinajstić information content (AvgIpc) is 3.72. The minimum absolute atomic E-state index is 0.195. The van der Waals surface area contributed by atoms with Crippen molar-refractivity contribution in [3.8, 4) is 0 Å². The number of aliphatic hydroxyl groups is 2. The highest BCUT2D eigenvalue weighted by Gasteiger charge is 2.81. The summed E-state index contributed by atoms with van der Waals surface area (Å²) in [6.07, 6.45) is -5.48. The number of fused-ring (bicyclic) bond motifs is 3. The molecule has 46 heavy (non-hydrogen) atoms. The highest BCUT2D eigenvalue weighted by molar-refractivity contribution is 6.19. The molecule has 15 nitrogen and oxygen atoms in total. The fourth-order valence-corrected chi connectivity index (χ4v) is 7.27. The van der Waals surface area contributed by atoms with Gasteiger partial charge < -0.3 is 43.4 Å². The Labute approximate surface area is 269 Å². The zero-order valence-corrected chi connectivity index (χ0v) is 26.8. The molecule has 4 aliphatic rings. The Balaban J connectivity index is 2.17. The quantitative estimate of drug-likeness (QED) is 0.158. The first kappa shape index (κ1) is 35.3. The molecule has 0 bridgehead atoms. The van der Waals surface area contributed by atoms with Gasteiger partial charge in [-0.25, -0.2) is 4.79 Å². The Bertz CT molecular complexity index is 1350. The van der Waals surface area contributed by atoms with Crippen molar-refractivity contribution in [2.75, 3.05) is 19.1 Å². The number of allylic oxidation sites excluding steroid dienone is 2. The van der Waals surface area contributed by atoms with Crippen molar-refractivity contribution in [1.29, 1.82) is 0 Å². The summed E-state index contributed by atoms with van der Waals surface area (Å²) in [5, 5.41) is 22.3. The third-order valence-electron chi connectivity index (χ3n) is 9.06. The molecular weight excluding hydrogens is 636 g/mol. The summed E-state index contributed by atoms with van der Waals surface area (Å²) in [6.45, 7) is 5.73. The lowest BCUT2D eigenvalue weighted by atomic mass is 9.51. The van der Waals surface area contributed by atoms with Crippen molar-refractivity contribution in [3.63, 3.8) is 0 Å². The monoisotopic (exact) mass is 672 g/mol. The van der Waals surface area contributed by atoms with Gasteiger partial charge in [0.1, 0.15) is 24.4 Å². The molecule has 16 heteroatoms. The van der Waals surface area contributed by atoms with Crippen LogP contribution in [-0.4, -0.2) is 113 Å². The van der Waals surface area contributed by atoms with E-state index in [1.54, 1.807) is 0 Å². The fraction of sp³-hybridized carbons (Fsp3) is 0.667. The summed E-state index contributed by atoms with van der Waals surface area (Å²) >= 11 is 6.21. The molecule has 0 radical (unpaired) electrons. The second-order valence-electron chi connectivity index (χ2n) is 12.0. The van der Waals surface area contributed by atoms with Crippen molar-refractivity contribution in [2.45, 2.75) is 89.4 Å². The van der Waals surface area contributed by atoms with Gasteiger partial charge in [0.05, 0.1) is 17.9 Å². The number of hydrogen-bond acceptors (Lipinski definition) is 15. The highest BCUT2D eigenvalue weighted by Crippen LogP contribution is 2.63. The smallest absolute Gasteiger partial charge is 0.332 e. The van der Waals surface area contributed by atoms with Gasteiger partial charge in [0.25, 0.3) is 0 Å². The van der Waals surface area contributed by atoms with E-state index in [9.17, 15) is 39.0 Å². The van der Waals surface area contributed by atoms with Crippen LogP contribution in [0.3, 0.4) is 0 Å². The van der Waals surface area contributed by atoms with Gasteiger partial charge in [-0.1, -0.05) is 13.0 Å². The summed E-state index contributed by atoms with van der Waals surface area (Å²) in [5.41, 5.74) is -5.79. The van der Waals surface area contributed by atoms with Gasteiger partial charge >= 0.3 is 35.8 Å². The SMILES string of the molecule is CC(=O)O[C@H]1[C@@H](OC(C)=O)[C@]2(CO2)[C@@H]2[C@H](OC(C)=O)[C@@]3(O)[C@H](/C=C(CCl)\C=C/[C@H](OC(=O)CO)[C@@]2(C)[C@H]1OC(C)=O)OC(=O)[C@@H]3C. The molecule has 1 saturated carbocycles. The first-order valence-corrected chi connectivity index (χ1v) is 15.0. The number of ether oxygens (including phenoxy) is 7. The summed E-state index contributed by atoms with van der Waals surface area (Å²) in [4.78, 5) is 76.4.